The summed E-state index contributed by atoms with van der Waals surface area (Å²) >= 11 is 3.39. The quantitative estimate of drug-likeness (QED) is 0.0739. The van der Waals surface area contributed by atoms with Crippen LogP contribution in [0.2, 0.25) is 0 Å². The van der Waals surface area contributed by atoms with Crippen LogP contribution in [0.25, 0.3) is 0 Å². The molecule has 1 amide bonds. The highest BCUT2D eigenvalue weighted by molar-refractivity contribution is 9.10. The minimum Gasteiger partial charge on any atom is -0.490 e. The zero-order chi connectivity index (χ0) is 32.3. The standard InChI is InChI=1S/C29H32BrF3N6O5/c1-4-42-25-17-19(13-14-24(25)43-16-15-38(2)3)39(18-26(40)36-35-22-11-7-6-10-21(22)30)37-27(34)20-9-5-8-12-23(20)44-28(41)29(31,32)33/h5-14,17,35H,4,15-16,18H2,1-3H3,(H2,34,37)(H,36,40). The number of ether oxygens (including phenoxy) is 3. The fraction of sp³-hybridized carbons (Fsp3) is 0.276. The molecule has 0 atom stereocenters. The number of carbonyl (C=O) groups is 2. The molecule has 0 fully saturated rings. The van der Waals surface area contributed by atoms with Crippen LogP contribution in [-0.4, -0.2) is 69.2 Å². The van der Waals surface area contributed by atoms with Gasteiger partial charge in [0.1, 0.15) is 18.9 Å². The van der Waals surface area contributed by atoms with Crippen molar-refractivity contribution in [3.8, 4) is 17.2 Å². The average molecular weight is 682 g/mol. The van der Waals surface area contributed by atoms with Crippen LogP contribution in [0, 0.1) is 0 Å². The number of benzene rings is 3. The van der Waals surface area contributed by atoms with Crippen molar-refractivity contribution in [2.45, 2.75) is 13.1 Å². The summed E-state index contributed by atoms with van der Waals surface area (Å²) < 4.78 is 55.6. The first-order valence-corrected chi connectivity index (χ1v) is 14.0. The third kappa shape index (κ3) is 10.1. The molecule has 3 rings (SSSR count). The van der Waals surface area contributed by atoms with E-state index in [0.29, 0.717) is 47.1 Å². The predicted molar refractivity (Wildman–Crippen MR) is 164 cm³/mol. The zero-order valence-electron chi connectivity index (χ0n) is 24.2. The Bertz CT molecular complexity index is 1470. The summed E-state index contributed by atoms with van der Waals surface area (Å²) in [6.45, 7) is 2.76. The molecule has 0 spiro atoms. The molecule has 0 aliphatic carbocycles. The van der Waals surface area contributed by atoms with Gasteiger partial charge in [-0.2, -0.15) is 18.3 Å². The molecule has 11 nitrogen and oxygen atoms in total. The summed E-state index contributed by atoms with van der Waals surface area (Å²) in [5.41, 5.74) is 12.4. The number of nitrogens with zero attached hydrogens (tertiary/aromatic N) is 3. The molecule has 0 saturated carbocycles. The maximum atomic E-state index is 13.0. The monoisotopic (exact) mass is 680 g/mol. The molecule has 236 valence electrons. The third-order valence-electron chi connectivity index (χ3n) is 5.65. The Balaban J connectivity index is 1.96. The van der Waals surface area contributed by atoms with Gasteiger partial charge in [0.15, 0.2) is 17.3 Å². The van der Waals surface area contributed by atoms with Crippen molar-refractivity contribution in [2.24, 2.45) is 10.8 Å². The number of nitrogens with two attached hydrogens (primary N) is 1. The number of hydrazone groups is 1. The van der Waals surface area contributed by atoms with Gasteiger partial charge in [-0.1, -0.05) is 24.3 Å². The van der Waals surface area contributed by atoms with Gasteiger partial charge in [0, 0.05) is 17.1 Å². The maximum absolute atomic E-state index is 13.0. The molecule has 0 radical (unpaired) electrons. The van der Waals surface area contributed by atoms with E-state index in [1.165, 1.54) is 23.2 Å². The fourth-order valence-electron chi connectivity index (χ4n) is 3.55. The van der Waals surface area contributed by atoms with Gasteiger partial charge in [0.25, 0.3) is 5.91 Å². The number of nitrogens with one attached hydrogen (secondary N) is 2. The molecule has 0 aliphatic heterocycles. The van der Waals surface area contributed by atoms with Crippen LogP contribution < -0.4 is 35.8 Å². The molecule has 4 N–H and O–H groups in total. The first kappa shape index (κ1) is 34.0. The summed E-state index contributed by atoms with van der Waals surface area (Å²) in [6.07, 6.45) is -5.23. The second-order valence-corrected chi connectivity index (χ2v) is 10.1. The first-order valence-electron chi connectivity index (χ1n) is 13.2. The van der Waals surface area contributed by atoms with Crippen molar-refractivity contribution in [3.63, 3.8) is 0 Å². The fourth-order valence-corrected chi connectivity index (χ4v) is 3.94. The number of anilines is 2. The number of hydrazine groups is 1. The Hall–Kier alpha value is -4.50. The van der Waals surface area contributed by atoms with Gasteiger partial charge in [-0.05, 0) is 73.3 Å². The van der Waals surface area contributed by atoms with Gasteiger partial charge in [0.05, 0.1) is 23.5 Å². The summed E-state index contributed by atoms with van der Waals surface area (Å²) in [4.78, 5) is 26.5. The van der Waals surface area contributed by atoms with E-state index >= 15 is 0 Å². The highest BCUT2D eigenvalue weighted by atomic mass is 79.9. The number of carbonyl (C=O) groups excluding carboxylic acids is 2. The lowest BCUT2D eigenvalue weighted by Crippen LogP contribution is -2.39. The van der Waals surface area contributed by atoms with E-state index < -0.39 is 30.3 Å². The van der Waals surface area contributed by atoms with Crippen LogP contribution in [-0.2, 0) is 9.59 Å². The molecular weight excluding hydrogens is 649 g/mol. The Kier molecular flexibility index (Phi) is 12.2. The Labute approximate surface area is 260 Å². The number of likely N-dealkylation sites (N-methyl/N-ethyl adjacent to an activating group) is 1. The Morgan fingerprint density at radius 3 is 2.36 bits per heavy atom. The second-order valence-electron chi connectivity index (χ2n) is 9.30. The van der Waals surface area contributed by atoms with Crippen molar-refractivity contribution in [1.29, 1.82) is 0 Å². The van der Waals surface area contributed by atoms with Gasteiger partial charge in [0.2, 0.25) is 0 Å². The van der Waals surface area contributed by atoms with Crippen molar-refractivity contribution in [3.05, 3.63) is 76.8 Å². The minimum atomic E-state index is -5.23. The van der Waals surface area contributed by atoms with Gasteiger partial charge in [-0.3, -0.25) is 20.7 Å². The molecule has 15 heteroatoms. The summed E-state index contributed by atoms with van der Waals surface area (Å²) in [7, 11) is 3.82. The van der Waals surface area contributed by atoms with E-state index in [1.54, 1.807) is 43.3 Å². The Morgan fingerprint density at radius 2 is 1.68 bits per heavy atom. The smallest absolute Gasteiger partial charge is 0.490 e. The molecule has 0 heterocycles. The highest BCUT2D eigenvalue weighted by Gasteiger charge is 2.41. The van der Waals surface area contributed by atoms with Crippen molar-refractivity contribution < 1.29 is 37.0 Å². The predicted octanol–water partition coefficient (Wildman–Crippen LogP) is 4.53. The molecular formula is C29H32BrF3N6O5. The SMILES string of the molecule is CCOc1cc(N(CC(=O)NNc2ccccc2Br)/N=C(\N)c2ccccc2OC(=O)C(F)(F)F)ccc1OCCN(C)C. The number of amidine groups is 1. The van der Waals surface area contributed by atoms with Crippen LogP contribution in [0.15, 0.2) is 76.3 Å². The summed E-state index contributed by atoms with van der Waals surface area (Å²) in [5.74, 6) is -2.92. The molecule has 3 aromatic rings. The molecule has 44 heavy (non-hydrogen) atoms. The number of esters is 1. The molecule has 3 aromatic carbocycles. The summed E-state index contributed by atoms with van der Waals surface area (Å²) in [5, 5.41) is 5.55. The number of hydrogen-bond donors (Lipinski definition) is 3. The van der Waals surface area contributed by atoms with Crippen LogP contribution in [0.1, 0.15) is 12.5 Å². The number of hydrogen-bond acceptors (Lipinski definition) is 9. The van der Waals surface area contributed by atoms with Crippen LogP contribution in [0.5, 0.6) is 17.2 Å². The number of alkyl halides is 3. The van der Waals surface area contributed by atoms with Gasteiger partial charge >= 0.3 is 12.1 Å². The third-order valence-corrected chi connectivity index (χ3v) is 6.34. The molecule has 0 aromatic heterocycles. The van der Waals surface area contributed by atoms with E-state index in [9.17, 15) is 22.8 Å². The van der Waals surface area contributed by atoms with E-state index in [0.717, 1.165) is 6.07 Å². The van der Waals surface area contributed by atoms with Gasteiger partial charge in [-0.25, -0.2) is 4.79 Å². The Morgan fingerprint density at radius 1 is 0.977 bits per heavy atom. The van der Waals surface area contributed by atoms with Crippen LogP contribution in [0.3, 0.4) is 0 Å². The van der Waals surface area contributed by atoms with Gasteiger partial charge in [-0.15, -0.1) is 0 Å². The molecule has 0 unspecified atom stereocenters. The topological polar surface area (TPSA) is 131 Å². The number of halogens is 4. The largest absolute Gasteiger partial charge is 0.491 e. The van der Waals surface area contributed by atoms with E-state index in [4.69, 9.17) is 15.2 Å². The van der Waals surface area contributed by atoms with Crippen molar-refractivity contribution in [1.82, 2.24) is 10.3 Å². The zero-order valence-corrected chi connectivity index (χ0v) is 25.7. The lowest BCUT2D eigenvalue weighted by molar-refractivity contribution is -0.189. The molecule has 0 saturated heterocycles. The molecule has 0 bridgehead atoms. The maximum Gasteiger partial charge on any atom is 0.491 e. The lowest BCUT2D eigenvalue weighted by atomic mass is 10.2. The number of para-hydroxylation sites is 2. The highest BCUT2D eigenvalue weighted by Crippen LogP contribution is 2.33. The normalized spacial score (nSPS) is 11.6. The summed E-state index contributed by atoms with van der Waals surface area (Å²) in [6, 6.07) is 17.3. The lowest BCUT2D eigenvalue weighted by Gasteiger charge is -2.22. The van der Waals surface area contributed by atoms with Crippen LogP contribution in [0.4, 0.5) is 24.5 Å². The second kappa shape index (κ2) is 15.8. The number of rotatable bonds is 14. The van der Waals surface area contributed by atoms with Crippen molar-refractivity contribution in [2.75, 3.05) is 50.8 Å². The van der Waals surface area contributed by atoms with Crippen LogP contribution >= 0.6 is 15.9 Å². The van der Waals surface area contributed by atoms with E-state index in [-0.39, 0.29) is 11.4 Å². The van der Waals surface area contributed by atoms with Gasteiger partial charge < -0.3 is 24.8 Å². The van der Waals surface area contributed by atoms with E-state index in [1.807, 2.05) is 25.1 Å². The average Bonchev–Trinajstić information content (AvgIpc) is 2.97. The van der Waals surface area contributed by atoms with E-state index in [2.05, 4.69) is 36.6 Å². The first-order chi connectivity index (χ1) is 20.9. The minimum absolute atomic E-state index is 0.101. The molecule has 0 aliphatic rings. The van der Waals surface area contributed by atoms with Crippen molar-refractivity contribution >= 4 is 45.0 Å². The number of amides is 1.